The molecule has 0 aliphatic rings. The van der Waals surface area contributed by atoms with Gasteiger partial charge in [0.1, 0.15) is 0 Å². The lowest BCUT2D eigenvalue weighted by Gasteiger charge is -2.30. The van der Waals surface area contributed by atoms with E-state index in [1.165, 1.54) is 5.39 Å². The summed E-state index contributed by atoms with van der Waals surface area (Å²) in [6.45, 7) is 4.17. The SMILES string of the molecule is CC(NC(=O)CN(C)CC(C)(CO)CO)c1ccc2ccccc2c1. The smallest absolute Gasteiger partial charge is 0.234 e. The van der Waals surface area contributed by atoms with Crippen LogP contribution in [-0.2, 0) is 4.79 Å². The molecule has 25 heavy (non-hydrogen) atoms. The number of nitrogens with zero attached hydrogens (tertiary/aromatic N) is 1. The number of aliphatic hydroxyl groups excluding tert-OH is 2. The highest BCUT2D eigenvalue weighted by Gasteiger charge is 2.25. The molecule has 3 N–H and O–H groups in total. The first-order valence-corrected chi connectivity index (χ1v) is 8.55. The molecule has 1 unspecified atom stereocenters. The van der Waals surface area contributed by atoms with E-state index in [-0.39, 0.29) is 31.7 Å². The summed E-state index contributed by atoms with van der Waals surface area (Å²) in [5.74, 6) is -0.0820. The molecular formula is C20H28N2O3. The Morgan fingerprint density at radius 1 is 1.16 bits per heavy atom. The van der Waals surface area contributed by atoms with E-state index in [0.29, 0.717) is 6.54 Å². The zero-order valence-electron chi connectivity index (χ0n) is 15.2. The van der Waals surface area contributed by atoms with Crippen molar-refractivity contribution in [1.82, 2.24) is 10.2 Å². The first-order valence-electron chi connectivity index (χ1n) is 8.55. The van der Waals surface area contributed by atoms with Gasteiger partial charge in [-0.1, -0.05) is 43.3 Å². The summed E-state index contributed by atoms with van der Waals surface area (Å²) in [5, 5.41) is 24.1. The van der Waals surface area contributed by atoms with E-state index in [1.807, 2.05) is 37.1 Å². The third-order valence-electron chi connectivity index (χ3n) is 4.48. The van der Waals surface area contributed by atoms with E-state index in [1.54, 1.807) is 6.92 Å². The van der Waals surface area contributed by atoms with Gasteiger partial charge in [0.2, 0.25) is 5.91 Å². The van der Waals surface area contributed by atoms with E-state index >= 15 is 0 Å². The summed E-state index contributed by atoms with van der Waals surface area (Å²) in [4.78, 5) is 14.1. The first-order chi connectivity index (χ1) is 11.9. The Morgan fingerprint density at radius 2 is 1.80 bits per heavy atom. The lowest BCUT2D eigenvalue weighted by molar-refractivity contribution is -0.123. The van der Waals surface area contributed by atoms with Crippen molar-refractivity contribution in [3.63, 3.8) is 0 Å². The maximum absolute atomic E-state index is 12.3. The molecule has 5 heteroatoms. The topological polar surface area (TPSA) is 72.8 Å². The van der Waals surface area contributed by atoms with E-state index in [0.717, 1.165) is 10.9 Å². The Kier molecular flexibility index (Phi) is 6.53. The highest BCUT2D eigenvalue weighted by molar-refractivity contribution is 5.83. The summed E-state index contributed by atoms with van der Waals surface area (Å²) < 4.78 is 0. The number of hydrogen-bond acceptors (Lipinski definition) is 4. The third kappa shape index (κ3) is 5.26. The largest absolute Gasteiger partial charge is 0.396 e. The van der Waals surface area contributed by atoms with E-state index < -0.39 is 5.41 Å². The number of fused-ring (bicyclic) bond motifs is 1. The Hall–Kier alpha value is -1.95. The average Bonchev–Trinajstić information content (AvgIpc) is 2.60. The summed E-state index contributed by atoms with van der Waals surface area (Å²) in [6.07, 6.45) is 0. The van der Waals surface area contributed by atoms with Crippen LogP contribution in [-0.4, -0.2) is 54.4 Å². The minimum Gasteiger partial charge on any atom is -0.396 e. The van der Waals surface area contributed by atoms with Crippen molar-refractivity contribution >= 4 is 16.7 Å². The summed E-state index contributed by atoms with van der Waals surface area (Å²) >= 11 is 0. The van der Waals surface area contributed by atoms with E-state index in [2.05, 4.69) is 29.6 Å². The van der Waals surface area contributed by atoms with Crippen molar-refractivity contribution in [2.75, 3.05) is 33.4 Å². The van der Waals surface area contributed by atoms with Gasteiger partial charge in [0.25, 0.3) is 0 Å². The molecule has 2 aromatic rings. The van der Waals surface area contributed by atoms with Gasteiger partial charge in [-0.05, 0) is 36.4 Å². The molecule has 0 spiro atoms. The summed E-state index contributed by atoms with van der Waals surface area (Å²) in [7, 11) is 1.81. The molecule has 136 valence electrons. The zero-order chi connectivity index (χ0) is 18.4. The van der Waals surface area contributed by atoms with Crippen molar-refractivity contribution in [3.8, 4) is 0 Å². The number of carbonyl (C=O) groups excluding carboxylic acids is 1. The fraction of sp³-hybridized carbons (Fsp3) is 0.450. The van der Waals surface area contributed by atoms with Crippen LogP contribution in [0.15, 0.2) is 42.5 Å². The van der Waals surface area contributed by atoms with Crippen LogP contribution in [0.4, 0.5) is 0 Å². The van der Waals surface area contributed by atoms with Crippen LogP contribution < -0.4 is 5.32 Å². The number of amides is 1. The molecule has 1 atom stereocenters. The number of benzene rings is 2. The van der Waals surface area contributed by atoms with Crippen LogP contribution in [0.1, 0.15) is 25.5 Å². The molecule has 0 fully saturated rings. The van der Waals surface area contributed by atoms with Crippen LogP contribution in [0.5, 0.6) is 0 Å². The second-order valence-corrected chi connectivity index (χ2v) is 7.19. The normalized spacial score (nSPS) is 13.2. The molecule has 0 aliphatic carbocycles. The molecule has 0 heterocycles. The second-order valence-electron chi connectivity index (χ2n) is 7.19. The van der Waals surface area contributed by atoms with Crippen molar-refractivity contribution in [3.05, 3.63) is 48.0 Å². The lowest BCUT2D eigenvalue weighted by Crippen LogP contribution is -2.43. The van der Waals surface area contributed by atoms with Gasteiger partial charge < -0.3 is 15.5 Å². The van der Waals surface area contributed by atoms with E-state index in [9.17, 15) is 15.0 Å². The van der Waals surface area contributed by atoms with Gasteiger partial charge in [-0.3, -0.25) is 9.69 Å². The maximum Gasteiger partial charge on any atom is 0.234 e. The van der Waals surface area contributed by atoms with Crippen molar-refractivity contribution in [2.24, 2.45) is 5.41 Å². The first kappa shape index (κ1) is 19.4. The fourth-order valence-electron chi connectivity index (χ4n) is 2.95. The van der Waals surface area contributed by atoms with Crippen molar-refractivity contribution in [1.29, 1.82) is 0 Å². The maximum atomic E-state index is 12.3. The van der Waals surface area contributed by atoms with Gasteiger partial charge in [0.15, 0.2) is 0 Å². The number of nitrogens with one attached hydrogen (secondary N) is 1. The Bertz CT molecular complexity index is 713. The van der Waals surface area contributed by atoms with Crippen LogP contribution in [0.3, 0.4) is 0 Å². The fourth-order valence-corrected chi connectivity index (χ4v) is 2.95. The monoisotopic (exact) mass is 344 g/mol. The Morgan fingerprint density at radius 3 is 2.44 bits per heavy atom. The Balaban J connectivity index is 1.94. The van der Waals surface area contributed by atoms with Crippen molar-refractivity contribution in [2.45, 2.75) is 19.9 Å². The minimum absolute atomic E-state index is 0.0820. The van der Waals surface area contributed by atoms with Gasteiger partial charge in [0.05, 0.1) is 25.8 Å². The van der Waals surface area contributed by atoms with Gasteiger partial charge in [-0.2, -0.15) is 0 Å². The minimum atomic E-state index is -0.612. The molecule has 0 aliphatic heterocycles. The zero-order valence-corrected chi connectivity index (χ0v) is 15.2. The molecule has 0 saturated heterocycles. The molecule has 2 rings (SSSR count). The highest BCUT2D eigenvalue weighted by atomic mass is 16.3. The lowest BCUT2D eigenvalue weighted by atomic mass is 9.92. The summed E-state index contributed by atoms with van der Waals surface area (Å²) in [5.41, 5.74) is 0.448. The number of likely N-dealkylation sites (N-methyl/N-ethyl adjacent to an activating group) is 1. The van der Waals surface area contributed by atoms with Crippen LogP contribution in [0, 0.1) is 5.41 Å². The van der Waals surface area contributed by atoms with Gasteiger partial charge in [0, 0.05) is 12.0 Å². The molecule has 0 radical (unpaired) electrons. The second kappa shape index (κ2) is 8.43. The van der Waals surface area contributed by atoms with Crippen LogP contribution in [0.2, 0.25) is 0 Å². The number of aliphatic hydroxyl groups is 2. The summed E-state index contributed by atoms with van der Waals surface area (Å²) in [6, 6.07) is 14.2. The van der Waals surface area contributed by atoms with Gasteiger partial charge in [-0.15, -0.1) is 0 Å². The molecular weight excluding hydrogens is 316 g/mol. The Labute approximate surface area is 149 Å². The predicted molar refractivity (Wildman–Crippen MR) is 100 cm³/mol. The molecule has 0 aromatic heterocycles. The van der Waals surface area contributed by atoms with E-state index in [4.69, 9.17) is 0 Å². The van der Waals surface area contributed by atoms with Gasteiger partial charge in [-0.25, -0.2) is 0 Å². The number of carbonyl (C=O) groups is 1. The van der Waals surface area contributed by atoms with Crippen molar-refractivity contribution < 1.29 is 15.0 Å². The van der Waals surface area contributed by atoms with Crippen LogP contribution >= 0.6 is 0 Å². The third-order valence-corrected chi connectivity index (χ3v) is 4.48. The van der Waals surface area contributed by atoms with Gasteiger partial charge >= 0.3 is 0 Å². The average molecular weight is 344 g/mol. The van der Waals surface area contributed by atoms with Crippen LogP contribution in [0.25, 0.3) is 10.8 Å². The number of hydrogen-bond donors (Lipinski definition) is 3. The highest BCUT2D eigenvalue weighted by Crippen LogP contribution is 2.20. The quantitative estimate of drug-likeness (QED) is 0.684. The molecule has 0 saturated carbocycles. The predicted octanol–water partition coefficient (Wildman–Crippen LogP) is 1.94. The molecule has 0 bridgehead atoms. The molecule has 2 aromatic carbocycles. The standard InChI is InChI=1S/C20H28N2O3/c1-15(17-9-8-16-6-4-5-7-18(16)10-17)21-19(25)11-22(3)12-20(2,13-23)14-24/h4-10,15,23-24H,11-14H2,1-3H3,(H,21,25). The number of rotatable bonds is 8. The molecule has 5 nitrogen and oxygen atoms in total. The molecule has 1 amide bonds.